The minimum absolute atomic E-state index is 0.0750. The number of hydrogen-bond acceptors (Lipinski definition) is 7. The van der Waals surface area contributed by atoms with E-state index in [1.54, 1.807) is 13.0 Å². The molecule has 0 unspecified atom stereocenters. The van der Waals surface area contributed by atoms with Gasteiger partial charge in [0.05, 0.1) is 19.1 Å². The predicted molar refractivity (Wildman–Crippen MR) is 78.8 cm³/mol. The SMILES string of the molecule is CCc1noc(CS(=O)(=O)c2cc(OC)c(OC)cc2C)n1. The van der Waals surface area contributed by atoms with E-state index in [9.17, 15) is 8.42 Å². The predicted octanol–water partition coefficient (Wildman–Crippen LogP) is 1.93. The molecule has 0 fully saturated rings. The molecular formula is C14H18N2O5S. The van der Waals surface area contributed by atoms with Gasteiger partial charge in [0, 0.05) is 12.5 Å². The van der Waals surface area contributed by atoms with E-state index in [0.29, 0.717) is 29.3 Å². The third-order valence-electron chi connectivity index (χ3n) is 3.16. The number of methoxy groups -OCH3 is 2. The monoisotopic (exact) mass is 326 g/mol. The molecule has 1 aromatic carbocycles. The number of nitrogens with zero attached hydrogens (tertiary/aromatic N) is 2. The van der Waals surface area contributed by atoms with E-state index in [4.69, 9.17) is 14.0 Å². The lowest BCUT2D eigenvalue weighted by atomic mass is 10.2. The Morgan fingerprint density at radius 1 is 1.18 bits per heavy atom. The molecule has 0 spiro atoms. The van der Waals surface area contributed by atoms with Gasteiger partial charge in [0.25, 0.3) is 0 Å². The molecule has 0 aliphatic carbocycles. The largest absolute Gasteiger partial charge is 0.493 e. The van der Waals surface area contributed by atoms with Gasteiger partial charge in [-0.15, -0.1) is 0 Å². The first-order valence-electron chi connectivity index (χ1n) is 6.68. The highest BCUT2D eigenvalue weighted by molar-refractivity contribution is 7.90. The van der Waals surface area contributed by atoms with E-state index in [0.717, 1.165) is 0 Å². The van der Waals surface area contributed by atoms with Crippen LogP contribution in [0.4, 0.5) is 0 Å². The molecule has 0 bridgehead atoms. The molecule has 7 nitrogen and oxygen atoms in total. The van der Waals surface area contributed by atoms with E-state index in [2.05, 4.69) is 10.1 Å². The molecule has 0 aliphatic rings. The Morgan fingerprint density at radius 2 is 1.82 bits per heavy atom. The third kappa shape index (κ3) is 3.22. The lowest BCUT2D eigenvalue weighted by Crippen LogP contribution is -2.08. The minimum Gasteiger partial charge on any atom is -0.493 e. The topological polar surface area (TPSA) is 91.5 Å². The Balaban J connectivity index is 2.40. The Bertz CT molecular complexity index is 768. The normalized spacial score (nSPS) is 11.5. The summed E-state index contributed by atoms with van der Waals surface area (Å²) in [4.78, 5) is 4.19. The molecule has 1 heterocycles. The van der Waals surface area contributed by atoms with Crippen LogP contribution in [-0.2, 0) is 22.0 Å². The van der Waals surface area contributed by atoms with Gasteiger partial charge in [-0.1, -0.05) is 12.1 Å². The number of sulfone groups is 1. The zero-order valence-electron chi connectivity index (χ0n) is 12.9. The number of hydrogen-bond donors (Lipinski definition) is 0. The summed E-state index contributed by atoms with van der Waals surface area (Å²) in [5, 5.41) is 3.70. The van der Waals surface area contributed by atoms with E-state index < -0.39 is 9.84 Å². The third-order valence-corrected chi connectivity index (χ3v) is 4.89. The molecule has 2 aromatic rings. The maximum atomic E-state index is 12.6. The van der Waals surface area contributed by atoms with E-state index in [1.165, 1.54) is 20.3 Å². The Hall–Kier alpha value is -2.09. The molecule has 22 heavy (non-hydrogen) atoms. The lowest BCUT2D eigenvalue weighted by Gasteiger charge is -2.12. The van der Waals surface area contributed by atoms with Crippen molar-refractivity contribution in [2.75, 3.05) is 14.2 Å². The highest BCUT2D eigenvalue weighted by Gasteiger charge is 2.23. The Labute approximate surface area is 129 Å². The second-order valence-corrected chi connectivity index (χ2v) is 6.65. The van der Waals surface area contributed by atoms with Gasteiger partial charge in [0.15, 0.2) is 27.2 Å². The number of benzene rings is 1. The summed E-state index contributed by atoms with van der Waals surface area (Å²) < 4.78 is 40.4. The van der Waals surface area contributed by atoms with Crippen LogP contribution >= 0.6 is 0 Å². The average molecular weight is 326 g/mol. The lowest BCUT2D eigenvalue weighted by molar-refractivity contribution is 0.353. The maximum absolute atomic E-state index is 12.6. The second kappa shape index (κ2) is 6.35. The van der Waals surface area contributed by atoms with E-state index in [1.807, 2.05) is 6.92 Å². The van der Waals surface area contributed by atoms with Crippen LogP contribution in [0.5, 0.6) is 11.5 Å². The molecule has 2 rings (SSSR count). The summed E-state index contributed by atoms with van der Waals surface area (Å²) in [6.45, 7) is 3.56. The molecule has 120 valence electrons. The van der Waals surface area contributed by atoms with Crippen molar-refractivity contribution in [1.82, 2.24) is 10.1 Å². The highest BCUT2D eigenvalue weighted by atomic mass is 32.2. The van der Waals surface area contributed by atoms with Gasteiger partial charge in [0.2, 0.25) is 5.89 Å². The molecular weight excluding hydrogens is 308 g/mol. The summed E-state index contributed by atoms with van der Waals surface area (Å²) in [7, 11) is -0.679. The second-order valence-electron chi connectivity index (χ2n) is 4.69. The summed E-state index contributed by atoms with van der Waals surface area (Å²) in [6.07, 6.45) is 0.582. The zero-order chi connectivity index (χ0) is 16.3. The number of aromatic nitrogens is 2. The summed E-state index contributed by atoms with van der Waals surface area (Å²) in [6, 6.07) is 3.07. The van der Waals surface area contributed by atoms with Gasteiger partial charge in [-0.05, 0) is 18.6 Å². The van der Waals surface area contributed by atoms with Crippen molar-refractivity contribution in [2.45, 2.75) is 30.9 Å². The van der Waals surface area contributed by atoms with Crippen molar-refractivity contribution >= 4 is 9.84 Å². The maximum Gasteiger partial charge on any atom is 0.242 e. The van der Waals surface area contributed by atoms with Crippen molar-refractivity contribution in [3.8, 4) is 11.5 Å². The van der Waals surface area contributed by atoms with Crippen LogP contribution in [0.3, 0.4) is 0 Å². The average Bonchev–Trinajstić information content (AvgIpc) is 2.93. The fourth-order valence-corrected chi connectivity index (χ4v) is 3.46. The minimum atomic E-state index is -3.63. The van der Waals surface area contributed by atoms with Crippen LogP contribution in [0.2, 0.25) is 0 Å². The molecule has 1 aromatic heterocycles. The summed E-state index contributed by atoms with van der Waals surface area (Å²) >= 11 is 0. The van der Waals surface area contributed by atoms with Crippen LogP contribution < -0.4 is 9.47 Å². The molecule has 0 saturated carbocycles. The first kappa shape index (κ1) is 16.3. The molecule has 0 aliphatic heterocycles. The smallest absolute Gasteiger partial charge is 0.242 e. The Kier molecular flexibility index (Phi) is 4.70. The van der Waals surface area contributed by atoms with Crippen LogP contribution in [0.15, 0.2) is 21.6 Å². The summed E-state index contributed by atoms with van der Waals surface area (Å²) in [5.74, 6) is 1.03. The van der Waals surface area contributed by atoms with Gasteiger partial charge < -0.3 is 14.0 Å². The van der Waals surface area contributed by atoms with Crippen LogP contribution in [0, 0.1) is 6.92 Å². The molecule has 0 saturated heterocycles. The van der Waals surface area contributed by atoms with Crippen molar-refractivity contribution in [3.63, 3.8) is 0 Å². The summed E-state index contributed by atoms with van der Waals surface area (Å²) in [5.41, 5.74) is 0.563. The first-order chi connectivity index (χ1) is 10.4. The Morgan fingerprint density at radius 3 is 2.36 bits per heavy atom. The van der Waals surface area contributed by atoms with Crippen molar-refractivity contribution in [1.29, 1.82) is 0 Å². The number of ether oxygens (including phenoxy) is 2. The van der Waals surface area contributed by atoms with Crippen LogP contribution in [-0.4, -0.2) is 32.8 Å². The van der Waals surface area contributed by atoms with Gasteiger partial charge in [-0.25, -0.2) is 8.42 Å². The highest BCUT2D eigenvalue weighted by Crippen LogP contribution is 2.33. The molecule has 8 heteroatoms. The zero-order valence-corrected chi connectivity index (χ0v) is 13.7. The van der Waals surface area contributed by atoms with Crippen molar-refractivity contribution in [3.05, 3.63) is 29.4 Å². The standard InChI is InChI=1S/C14H18N2O5S/c1-5-13-15-14(21-16-13)8-22(17,18)12-7-11(20-4)10(19-3)6-9(12)2/h6-7H,5,8H2,1-4H3. The van der Waals surface area contributed by atoms with Gasteiger partial charge in [0.1, 0.15) is 5.75 Å². The van der Waals surface area contributed by atoms with Crippen molar-refractivity contribution < 1.29 is 22.4 Å². The number of aryl methyl sites for hydroxylation is 2. The van der Waals surface area contributed by atoms with Gasteiger partial charge in [-0.3, -0.25) is 0 Å². The quantitative estimate of drug-likeness (QED) is 0.801. The van der Waals surface area contributed by atoms with Crippen LogP contribution in [0.25, 0.3) is 0 Å². The number of rotatable bonds is 6. The fraction of sp³-hybridized carbons (Fsp3) is 0.429. The molecule has 0 N–H and O–H groups in total. The first-order valence-corrected chi connectivity index (χ1v) is 8.33. The van der Waals surface area contributed by atoms with Gasteiger partial charge >= 0.3 is 0 Å². The van der Waals surface area contributed by atoms with E-state index >= 15 is 0 Å². The van der Waals surface area contributed by atoms with Gasteiger partial charge in [-0.2, -0.15) is 4.98 Å². The molecule has 0 atom stereocenters. The van der Waals surface area contributed by atoms with Crippen LogP contribution in [0.1, 0.15) is 24.2 Å². The van der Waals surface area contributed by atoms with E-state index in [-0.39, 0.29) is 16.5 Å². The molecule has 0 amide bonds. The fourth-order valence-electron chi connectivity index (χ4n) is 2.03. The molecule has 0 radical (unpaired) electrons. The van der Waals surface area contributed by atoms with Crippen molar-refractivity contribution in [2.24, 2.45) is 0 Å².